The molecule has 0 unspecified atom stereocenters. The number of aromatic carboxylic acids is 1. The van der Waals surface area contributed by atoms with Gasteiger partial charge in [-0.1, -0.05) is 6.92 Å². The van der Waals surface area contributed by atoms with E-state index in [1.807, 2.05) is 19.9 Å². The molecule has 1 N–H and O–H groups in total. The number of rotatable bonds is 3. The first-order valence-corrected chi connectivity index (χ1v) is 6.51. The highest BCUT2D eigenvalue weighted by Crippen LogP contribution is 2.22. The summed E-state index contributed by atoms with van der Waals surface area (Å²) >= 11 is 0. The summed E-state index contributed by atoms with van der Waals surface area (Å²) in [6, 6.07) is 5.02. The van der Waals surface area contributed by atoms with Gasteiger partial charge < -0.3 is 5.11 Å². The van der Waals surface area contributed by atoms with E-state index in [1.165, 1.54) is 12.3 Å². The van der Waals surface area contributed by atoms with Crippen molar-refractivity contribution < 1.29 is 9.90 Å². The van der Waals surface area contributed by atoms with Crippen LogP contribution in [0.25, 0.3) is 17.0 Å². The van der Waals surface area contributed by atoms with Gasteiger partial charge in [0.25, 0.3) is 0 Å². The molecule has 3 heterocycles. The maximum absolute atomic E-state index is 11.1. The van der Waals surface area contributed by atoms with Gasteiger partial charge in [-0.2, -0.15) is 10.2 Å². The van der Waals surface area contributed by atoms with Gasteiger partial charge >= 0.3 is 5.97 Å². The third-order valence-electron chi connectivity index (χ3n) is 3.22. The van der Waals surface area contributed by atoms with Crippen LogP contribution in [-0.4, -0.2) is 35.9 Å². The Labute approximate surface area is 120 Å². The van der Waals surface area contributed by atoms with Gasteiger partial charge in [0.05, 0.1) is 17.0 Å². The number of carbonyl (C=O) groups is 1. The van der Waals surface area contributed by atoms with Gasteiger partial charge in [-0.3, -0.25) is 4.40 Å². The summed E-state index contributed by atoms with van der Waals surface area (Å²) in [5.74, 6) is -0.417. The number of pyridine rings is 1. The summed E-state index contributed by atoms with van der Waals surface area (Å²) in [7, 11) is 0. The number of aromatic nitrogens is 5. The van der Waals surface area contributed by atoms with Gasteiger partial charge in [-0.05, 0) is 31.5 Å². The number of carboxylic acids is 1. The molecule has 0 aliphatic carbocycles. The lowest BCUT2D eigenvalue weighted by Crippen LogP contribution is -2.02. The molecule has 7 heteroatoms. The summed E-state index contributed by atoms with van der Waals surface area (Å²) in [5, 5.41) is 25.6. The van der Waals surface area contributed by atoms with Crippen LogP contribution in [0.1, 0.15) is 28.7 Å². The van der Waals surface area contributed by atoms with Crippen LogP contribution in [0.4, 0.5) is 0 Å². The van der Waals surface area contributed by atoms with Crippen LogP contribution in [0.3, 0.4) is 0 Å². The van der Waals surface area contributed by atoms with E-state index in [9.17, 15) is 4.79 Å². The first kappa shape index (κ1) is 13.2. The van der Waals surface area contributed by atoms with Gasteiger partial charge in [0.2, 0.25) is 0 Å². The molecule has 0 aromatic carbocycles. The topological polar surface area (TPSA) is 93.3 Å². The van der Waals surface area contributed by atoms with Crippen molar-refractivity contribution >= 4 is 11.6 Å². The Kier molecular flexibility index (Phi) is 3.09. The number of hydrogen-bond acceptors (Lipinski definition) is 5. The van der Waals surface area contributed by atoms with Gasteiger partial charge in [0.15, 0.2) is 11.5 Å². The van der Waals surface area contributed by atoms with Crippen LogP contribution >= 0.6 is 0 Å². The minimum atomic E-state index is -0.990. The third kappa shape index (κ3) is 2.22. The van der Waals surface area contributed by atoms with Crippen LogP contribution in [-0.2, 0) is 6.42 Å². The maximum Gasteiger partial charge on any atom is 0.337 e. The van der Waals surface area contributed by atoms with Crippen molar-refractivity contribution in [1.82, 2.24) is 24.8 Å². The zero-order valence-electron chi connectivity index (χ0n) is 11.6. The summed E-state index contributed by atoms with van der Waals surface area (Å²) in [5.41, 5.74) is 3.16. The average molecular weight is 283 g/mol. The van der Waals surface area contributed by atoms with Gasteiger partial charge in [-0.15, -0.1) is 10.2 Å². The van der Waals surface area contributed by atoms with Crippen LogP contribution in [0.5, 0.6) is 0 Å². The Bertz CT molecular complexity index is 840. The second-order valence-electron chi connectivity index (χ2n) is 4.67. The third-order valence-corrected chi connectivity index (χ3v) is 3.22. The molecular formula is C14H13N5O2. The van der Waals surface area contributed by atoms with Crippen LogP contribution < -0.4 is 0 Å². The number of fused-ring (bicyclic) bond motifs is 1. The fourth-order valence-corrected chi connectivity index (χ4v) is 2.17. The predicted molar refractivity (Wildman–Crippen MR) is 75.1 cm³/mol. The van der Waals surface area contributed by atoms with E-state index in [1.54, 1.807) is 10.5 Å². The highest BCUT2D eigenvalue weighted by atomic mass is 16.4. The lowest BCUT2D eigenvalue weighted by molar-refractivity contribution is 0.0696. The maximum atomic E-state index is 11.1. The molecule has 3 aromatic rings. The Morgan fingerprint density at radius 3 is 2.76 bits per heavy atom. The van der Waals surface area contributed by atoms with Crippen LogP contribution in [0, 0.1) is 6.92 Å². The van der Waals surface area contributed by atoms with E-state index in [0.29, 0.717) is 17.9 Å². The molecule has 106 valence electrons. The molecule has 0 spiro atoms. The van der Waals surface area contributed by atoms with Crippen molar-refractivity contribution in [2.75, 3.05) is 0 Å². The lowest BCUT2D eigenvalue weighted by atomic mass is 10.1. The standard InChI is InChI=1S/C14H13N5O2/c1-3-11-10(6-8(2)15-16-11)13-18-17-12-5-4-9(14(20)21)7-19(12)13/h4-7H,3H2,1-2H3,(H,20,21). The zero-order chi connectivity index (χ0) is 15.0. The lowest BCUT2D eigenvalue weighted by Gasteiger charge is -2.06. The molecule has 0 atom stereocenters. The van der Waals surface area contributed by atoms with Crippen molar-refractivity contribution in [3.8, 4) is 11.4 Å². The van der Waals surface area contributed by atoms with E-state index in [2.05, 4.69) is 20.4 Å². The van der Waals surface area contributed by atoms with E-state index in [0.717, 1.165) is 17.0 Å². The molecule has 21 heavy (non-hydrogen) atoms. The van der Waals surface area contributed by atoms with Crippen LogP contribution in [0.15, 0.2) is 24.4 Å². The smallest absolute Gasteiger partial charge is 0.337 e. The fraction of sp³-hybridized carbons (Fsp3) is 0.214. The van der Waals surface area contributed by atoms with Crippen molar-refractivity contribution in [2.45, 2.75) is 20.3 Å². The Morgan fingerprint density at radius 2 is 2.05 bits per heavy atom. The number of carboxylic acid groups (broad SMARTS) is 1. The molecule has 7 nitrogen and oxygen atoms in total. The summed E-state index contributed by atoms with van der Waals surface area (Å²) < 4.78 is 1.67. The predicted octanol–water partition coefficient (Wildman–Crippen LogP) is 1.76. The van der Waals surface area contributed by atoms with E-state index in [-0.39, 0.29) is 5.56 Å². The first-order valence-electron chi connectivity index (χ1n) is 6.51. The van der Waals surface area contributed by atoms with E-state index < -0.39 is 5.97 Å². The van der Waals surface area contributed by atoms with Crippen molar-refractivity contribution in [1.29, 1.82) is 0 Å². The summed E-state index contributed by atoms with van der Waals surface area (Å²) in [6.07, 6.45) is 2.22. The molecule has 0 aliphatic heterocycles. The highest BCUT2D eigenvalue weighted by Gasteiger charge is 2.15. The molecule has 0 radical (unpaired) electrons. The first-order chi connectivity index (χ1) is 10.1. The largest absolute Gasteiger partial charge is 0.478 e. The van der Waals surface area contributed by atoms with Crippen molar-refractivity contribution in [3.05, 3.63) is 41.3 Å². The minimum absolute atomic E-state index is 0.181. The zero-order valence-corrected chi connectivity index (χ0v) is 11.6. The average Bonchev–Trinajstić information content (AvgIpc) is 2.89. The second-order valence-corrected chi connectivity index (χ2v) is 4.67. The van der Waals surface area contributed by atoms with Crippen molar-refractivity contribution in [3.63, 3.8) is 0 Å². The molecular weight excluding hydrogens is 270 g/mol. The monoisotopic (exact) mass is 283 g/mol. The Balaban J connectivity index is 2.27. The summed E-state index contributed by atoms with van der Waals surface area (Å²) in [4.78, 5) is 11.1. The summed E-state index contributed by atoms with van der Waals surface area (Å²) in [6.45, 7) is 3.83. The number of aryl methyl sites for hydroxylation is 2. The second kappa shape index (κ2) is 4.93. The molecule has 0 saturated heterocycles. The molecule has 0 aliphatic rings. The molecule has 3 rings (SSSR count). The number of hydrogen-bond donors (Lipinski definition) is 1. The van der Waals surface area contributed by atoms with Gasteiger partial charge in [-0.25, -0.2) is 4.79 Å². The molecule has 0 amide bonds. The van der Waals surface area contributed by atoms with Gasteiger partial charge in [0, 0.05) is 11.8 Å². The van der Waals surface area contributed by atoms with E-state index >= 15 is 0 Å². The van der Waals surface area contributed by atoms with Crippen LogP contribution in [0.2, 0.25) is 0 Å². The van der Waals surface area contributed by atoms with E-state index in [4.69, 9.17) is 5.11 Å². The van der Waals surface area contributed by atoms with Gasteiger partial charge in [0.1, 0.15) is 0 Å². The number of nitrogens with zero attached hydrogens (tertiary/aromatic N) is 5. The molecule has 0 bridgehead atoms. The minimum Gasteiger partial charge on any atom is -0.478 e. The highest BCUT2D eigenvalue weighted by molar-refractivity contribution is 5.87. The normalized spacial score (nSPS) is 11.0. The Hall–Kier alpha value is -2.83. The fourth-order valence-electron chi connectivity index (χ4n) is 2.17. The quantitative estimate of drug-likeness (QED) is 0.787. The van der Waals surface area contributed by atoms with Crippen molar-refractivity contribution in [2.24, 2.45) is 0 Å². The molecule has 0 fully saturated rings. The SMILES string of the molecule is CCc1nnc(C)cc1-c1nnc2ccc(C(=O)O)cn12. The Morgan fingerprint density at radius 1 is 1.24 bits per heavy atom. The molecule has 0 saturated carbocycles. The molecule has 3 aromatic heterocycles.